The SMILES string of the molecule is c1ccc(Cn2cnc3c4c(-c5ccccc5)onc4ccc32)cc1. The van der Waals surface area contributed by atoms with Crippen LogP contribution in [0, 0.1) is 0 Å². The van der Waals surface area contributed by atoms with Gasteiger partial charge in [-0.1, -0.05) is 65.8 Å². The van der Waals surface area contributed by atoms with Crippen LogP contribution >= 0.6 is 0 Å². The summed E-state index contributed by atoms with van der Waals surface area (Å²) in [6.07, 6.45) is 1.89. The van der Waals surface area contributed by atoms with E-state index in [1.165, 1.54) is 5.56 Å². The lowest BCUT2D eigenvalue weighted by Gasteiger charge is -2.04. The molecule has 0 N–H and O–H groups in total. The second kappa shape index (κ2) is 5.60. The van der Waals surface area contributed by atoms with Crippen molar-refractivity contribution in [1.29, 1.82) is 0 Å². The largest absolute Gasteiger partial charge is 0.355 e. The predicted octanol–water partition coefficient (Wildman–Crippen LogP) is 4.89. The molecule has 25 heavy (non-hydrogen) atoms. The number of hydrogen-bond donors (Lipinski definition) is 0. The van der Waals surface area contributed by atoms with Crippen LogP contribution < -0.4 is 0 Å². The van der Waals surface area contributed by atoms with Gasteiger partial charge < -0.3 is 9.09 Å². The molecule has 5 aromatic rings. The Morgan fingerprint density at radius 3 is 2.40 bits per heavy atom. The van der Waals surface area contributed by atoms with Crippen molar-refractivity contribution >= 4 is 21.9 Å². The topological polar surface area (TPSA) is 43.9 Å². The van der Waals surface area contributed by atoms with Crippen molar-refractivity contribution in [3.63, 3.8) is 0 Å². The smallest absolute Gasteiger partial charge is 0.176 e. The fourth-order valence-electron chi connectivity index (χ4n) is 3.25. The number of nitrogens with zero attached hydrogens (tertiary/aromatic N) is 3. The van der Waals surface area contributed by atoms with Gasteiger partial charge in [-0.15, -0.1) is 0 Å². The zero-order valence-corrected chi connectivity index (χ0v) is 13.5. The van der Waals surface area contributed by atoms with E-state index in [2.05, 4.69) is 45.0 Å². The molecule has 0 atom stereocenters. The molecule has 0 radical (unpaired) electrons. The molecular formula is C21H15N3O. The van der Waals surface area contributed by atoms with E-state index in [0.717, 1.165) is 39.8 Å². The first-order chi connectivity index (χ1) is 12.4. The van der Waals surface area contributed by atoms with E-state index >= 15 is 0 Å². The van der Waals surface area contributed by atoms with Gasteiger partial charge >= 0.3 is 0 Å². The maximum atomic E-state index is 5.64. The predicted molar refractivity (Wildman–Crippen MR) is 98.3 cm³/mol. The van der Waals surface area contributed by atoms with Gasteiger partial charge in [-0.05, 0) is 17.7 Å². The van der Waals surface area contributed by atoms with Crippen molar-refractivity contribution in [2.24, 2.45) is 0 Å². The molecule has 0 fully saturated rings. The van der Waals surface area contributed by atoms with Crippen molar-refractivity contribution in [2.45, 2.75) is 6.54 Å². The summed E-state index contributed by atoms with van der Waals surface area (Å²) in [5, 5.41) is 5.18. The van der Waals surface area contributed by atoms with Crippen LogP contribution in [0.3, 0.4) is 0 Å². The van der Waals surface area contributed by atoms with Gasteiger partial charge in [0.1, 0.15) is 11.0 Å². The molecule has 0 aliphatic heterocycles. The average molecular weight is 325 g/mol. The molecular weight excluding hydrogens is 310 g/mol. The maximum absolute atomic E-state index is 5.64. The highest BCUT2D eigenvalue weighted by Crippen LogP contribution is 2.33. The minimum absolute atomic E-state index is 0.770. The fourth-order valence-corrected chi connectivity index (χ4v) is 3.25. The van der Waals surface area contributed by atoms with E-state index < -0.39 is 0 Å². The second-order valence-corrected chi connectivity index (χ2v) is 6.06. The molecule has 0 aliphatic rings. The highest BCUT2D eigenvalue weighted by Gasteiger charge is 2.16. The maximum Gasteiger partial charge on any atom is 0.176 e. The molecule has 2 aromatic heterocycles. The summed E-state index contributed by atoms with van der Waals surface area (Å²) in [6.45, 7) is 0.787. The van der Waals surface area contributed by atoms with Gasteiger partial charge in [0.05, 0.1) is 17.2 Å². The first-order valence-corrected chi connectivity index (χ1v) is 8.23. The van der Waals surface area contributed by atoms with Crippen molar-refractivity contribution < 1.29 is 4.52 Å². The molecule has 0 unspecified atom stereocenters. The number of aromatic nitrogens is 3. The zero-order valence-electron chi connectivity index (χ0n) is 13.5. The number of rotatable bonds is 3. The summed E-state index contributed by atoms with van der Waals surface area (Å²) >= 11 is 0. The average Bonchev–Trinajstić information content (AvgIpc) is 3.27. The normalized spacial score (nSPS) is 11.4. The highest BCUT2D eigenvalue weighted by atomic mass is 16.5. The minimum atomic E-state index is 0.770. The van der Waals surface area contributed by atoms with E-state index in [0.29, 0.717) is 0 Å². The van der Waals surface area contributed by atoms with Crippen LogP contribution in [0.2, 0.25) is 0 Å². The fraction of sp³-hybridized carbons (Fsp3) is 0.0476. The number of hydrogen-bond acceptors (Lipinski definition) is 3. The molecule has 0 saturated heterocycles. The summed E-state index contributed by atoms with van der Waals surface area (Å²) in [5.41, 5.74) is 5.09. The van der Waals surface area contributed by atoms with Gasteiger partial charge in [-0.3, -0.25) is 0 Å². The molecule has 0 bridgehead atoms. The highest BCUT2D eigenvalue weighted by molar-refractivity contribution is 6.09. The van der Waals surface area contributed by atoms with Gasteiger partial charge in [-0.25, -0.2) is 4.98 Å². The van der Waals surface area contributed by atoms with Gasteiger partial charge in [-0.2, -0.15) is 0 Å². The van der Waals surface area contributed by atoms with Crippen LogP contribution in [0.15, 0.2) is 83.6 Å². The molecule has 120 valence electrons. The van der Waals surface area contributed by atoms with Crippen molar-refractivity contribution in [2.75, 3.05) is 0 Å². The van der Waals surface area contributed by atoms with Crippen LogP contribution in [0.4, 0.5) is 0 Å². The Morgan fingerprint density at radius 1 is 0.840 bits per heavy atom. The Morgan fingerprint density at radius 2 is 1.60 bits per heavy atom. The summed E-state index contributed by atoms with van der Waals surface area (Å²) in [5.74, 6) is 0.770. The third-order valence-corrected chi connectivity index (χ3v) is 4.46. The second-order valence-electron chi connectivity index (χ2n) is 6.06. The van der Waals surface area contributed by atoms with Crippen LogP contribution in [0.25, 0.3) is 33.3 Å². The van der Waals surface area contributed by atoms with E-state index in [9.17, 15) is 0 Å². The van der Waals surface area contributed by atoms with Crippen LogP contribution in [-0.2, 0) is 6.54 Å². The molecule has 5 rings (SSSR count). The standard InChI is InChI=1S/C21H15N3O/c1-3-7-15(8-4-1)13-24-14-22-20-18(24)12-11-17-19(20)21(25-23-17)16-9-5-2-6-10-16/h1-12,14H,13H2. The third-order valence-electron chi connectivity index (χ3n) is 4.46. The van der Waals surface area contributed by atoms with Crippen molar-refractivity contribution in [3.05, 3.63) is 84.7 Å². The number of imidazole rings is 1. The summed E-state index contributed by atoms with van der Waals surface area (Å²) in [6, 6.07) is 24.5. The van der Waals surface area contributed by atoms with E-state index in [1.807, 2.05) is 48.8 Å². The van der Waals surface area contributed by atoms with Crippen molar-refractivity contribution in [3.8, 4) is 11.3 Å². The van der Waals surface area contributed by atoms with E-state index in [1.54, 1.807) is 0 Å². The van der Waals surface area contributed by atoms with Gasteiger partial charge in [0.2, 0.25) is 0 Å². The summed E-state index contributed by atoms with van der Waals surface area (Å²) in [4.78, 5) is 4.66. The van der Waals surface area contributed by atoms with E-state index in [4.69, 9.17) is 4.52 Å². The minimum Gasteiger partial charge on any atom is -0.355 e. The first kappa shape index (κ1) is 14.0. The van der Waals surface area contributed by atoms with Gasteiger partial charge in [0.25, 0.3) is 0 Å². The third kappa shape index (κ3) is 2.31. The quantitative estimate of drug-likeness (QED) is 0.474. The molecule has 0 amide bonds. The Kier molecular flexibility index (Phi) is 3.13. The monoisotopic (exact) mass is 325 g/mol. The Balaban J connectivity index is 1.70. The molecule has 0 spiro atoms. The molecule has 3 aromatic carbocycles. The Labute approximate surface area is 144 Å². The Bertz CT molecular complexity index is 1160. The van der Waals surface area contributed by atoms with Crippen LogP contribution in [-0.4, -0.2) is 14.7 Å². The summed E-state index contributed by atoms with van der Waals surface area (Å²) in [7, 11) is 0. The molecule has 0 saturated carbocycles. The van der Waals surface area contributed by atoms with Crippen LogP contribution in [0.1, 0.15) is 5.56 Å². The Hall–Kier alpha value is -3.40. The molecule has 2 heterocycles. The number of benzene rings is 3. The lowest BCUT2D eigenvalue weighted by molar-refractivity contribution is 0.441. The lowest BCUT2D eigenvalue weighted by atomic mass is 10.1. The lowest BCUT2D eigenvalue weighted by Crippen LogP contribution is -1.97. The molecule has 4 heteroatoms. The van der Waals surface area contributed by atoms with Gasteiger partial charge in [0.15, 0.2) is 5.76 Å². The summed E-state index contributed by atoms with van der Waals surface area (Å²) < 4.78 is 7.80. The van der Waals surface area contributed by atoms with Gasteiger partial charge in [0, 0.05) is 12.1 Å². The molecule has 4 nitrogen and oxygen atoms in total. The van der Waals surface area contributed by atoms with Crippen LogP contribution in [0.5, 0.6) is 0 Å². The first-order valence-electron chi connectivity index (χ1n) is 8.23. The van der Waals surface area contributed by atoms with Crippen molar-refractivity contribution in [1.82, 2.24) is 14.7 Å². The zero-order chi connectivity index (χ0) is 16.6. The number of fused-ring (bicyclic) bond motifs is 3. The van der Waals surface area contributed by atoms with E-state index in [-0.39, 0.29) is 0 Å². The molecule has 0 aliphatic carbocycles.